The average molecular weight is 251 g/mol. The van der Waals surface area contributed by atoms with E-state index in [-0.39, 0.29) is 0 Å². The third-order valence-corrected chi connectivity index (χ3v) is 3.05. The predicted molar refractivity (Wildman–Crippen MR) is 74.9 cm³/mol. The minimum atomic E-state index is 0.291. The molecule has 0 aromatic heterocycles. The van der Waals surface area contributed by atoms with Crippen molar-refractivity contribution < 1.29 is 9.84 Å². The van der Waals surface area contributed by atoms with Crippen LogP contribution >= 0.6 is 0 Å². The summed E-state index contributed by atoms with van der Waals surface area (Å²) in [6, 6.07) is 4.18. The van der Waals surface area contributed by atoms with Crippen molar-refractivity contribution in [2.24, 2.45) is 5.73 Å². The van der Waals surface area contributed by atoms with Gasteiger partial charge in [-0.05, 0) is 49.8 Å². The summed E-state index contributed by atoms with van der Waals surface area (Å²) in [6.07, 6.45) is 4.12. The molecular formula is C15H25NO2. The van der Waals surface area contributed by atoms with E-state index in [1.165, 1.54) is 0 Å². The number of unbranched alkanes of at least 4 members (excludes halogenated alkanes) is 3. The van der Waals surface area contributed by atoms with E-state index in [4.69, 9.17) is 15.6 Å². The van der Waals surface area contributed by atoms with Crippen LogP contribution in [0.1, 0.15) is 42.4 Å². The Kier molecular flexibility index (Phi) is 6.76. The molecule has 102 valence electrons. The lowest BCUT2D eigenvalue weighted by Gasteiger charge is -2.13. The minimum Gasteiger partial charge on any atom is -0.493 e. The van der Waals surface area contributed by atoms with Gasteiger partial charge in [-0.3, -0.25) is 0 Å². The van der Waals surface area contributed by atoms with Gasteiger partial charge in [0.25, 0.3) is 0 Å². The molecule has 3 heteroatoms. The smallest absolute Gasteiger partial charge is 0.125 e. The first-order chi connectivity index (χ1) is 8.69. The van der Waals surface area contributed by atoms with Crippen molar-refractivity contribution in [3.8, 4) is 5.75 Å². The molecule has 0 saturated carbocycles. The summed E-state index contributed by atoms with van der Waals surface area (Å²) in [5.41, 5.74) is 9.11. The van der Waals surface area contributed by atoms with Crippen LogP contribution in [0.25, 0.3) is 0 Å². The summed E-state index contributed by atoms with van der Waals surface area (Å²) >= 11 is 0. The van der Waals surface area contributed by atoms with E-state index in [1.54, 1.807) is 0 Å². The van der Waals surface area contributed by atoms with Gasteiger partial charge in [0, 0.05) is 13.2 Å². The van der Waals surface area contributed by atoms with E-state index < -0.39 is 0 Å². The zero-order valence-corrected chi connectivity index (χ0v) is 11.5. The van der Waals surface area contributed by atoms with Crippen LogP contribution in [-0.2, 0) is 6.54 Å². The second-order valence-electron chi connectivity index (χ2n) is 4.75. The van der Waals surface area contributed by atoms with Gasteiger partial charge in [0.05, 0.1) is 6.61 Å². The maximum atomic E-state index is 8.68. The Hall–Kier alpha value is -1.06. The van der Waals surface area contributed by atoms with Gasteiger partial charge in [0.15, 0.2) is 0 Å². The fourth-order valence-corrected chi connectivity index (χ4v) is 2.13. The molecule has 0 fully saturated rings. The van der Waals surface area contributed by atoms with Gasteiger partial charge in [0.1, 0.15) is 5.75 Å². The maximum Gasteiger partial charge on any atom is 0.125 e. The van der Waals surface area contributed by atoms with Crippen LogP contribution in [0.4, 0.5) is 0 Å². The molecular weight excluding hydrogens is 226 g/mol. The summed E-state index contributed by atoms with van der Waals surface area (Å²) in [7, 11) is 0. The predicted octanol–water partition coefficient (Wildman–Crippen LogP) is 2.69. The van der Waals surface area contributed by atoms with Crippen molar-refractivity contribution in [1.29, 1.82) is 0 Å². The van der Waals surface area contributed by atoms with E-state index in [1.807, 2.05) is 0 Å². The lowest BCUT2D eigenvalue weighted by atomic mass is 10.1. The van der Waals surface area contributed by atoms with Crippen molar-refractivity contribution in [3.63, 3.8) is 0 Å². The minimum absolute atomic E-state index is 0.291. The number of ether oxygens (including phenoxy) is 1. The summed E-state index contributed by atoms with van der Waals surface area (Å²) in [5, 5.41) is 8.68. The van der Waals surface area contributed by atoms with Crippen LogP contribution < -0.4 is 10.5 Å². The van der Waals surface area contributed by atoms with Crippen molar-refractivity contribution in [3.05, 3.63) is 28.8 Å². The number of hydrogen-bond acceptors (Lipinski definition) is 3. The lowest BCUT2D eigenvalue weighted by molar-refractivity contribution is 0.272. The van der Waals surface area contributed by atoms with Crippen molar-refractivity contribution in [1.82, 2.24) is 0 Å². The number of aliphatic hydroxyl groups excluding tert-OH is 1. The zero-order chi connectivity index (χ0) is 13.4. The highest BCUT2D eigenvalue weighted by Crippen LogP contribution is 2.25. The van der Waals surface area contributed by atoms with Gasteiger partial charge in [-0.1, -0.05) is 18.6 Å². The molecule has 1 aromatic carbocycles. The molecule has 0 aliphatic carbocycles. The quantitative estimate of drug-likeness (QED) is 0.698. The van der Waals surface area contributed by atoms with E-state index in [9.17, 15) is 0 Å². The Labute approximate surface area is 110 Å². The standard InChI is InChI=1S/C15H25NO2/c1-12-9-14(11-16)10-13(2)15(12)18-8-6-4-3-5-7-17/h9-10,17H,3-8,11,16H2,1-2H3. The van der Waals surface area contributed by atoms with Gasteiger partial charge in [-0.15, -0.1) is 0 Å². The summed E-state index contributed by atoms with van der Waals surface area (Å²) in [4.78, 5) is 0. The summed E-state index contributed by atoms with van der Waals surface area (Å²) < 4.78 is 5.84. The highest BCUT2D eigenvalue weighted by molar-refractivity contribution is 5.43. The molecule has 0 atom stereocenters. The zero-order valence-electron chi connectivity index (χ0n) is 11.5. The van der Waals surface area contributed by atoms with Gasteiger partial charge < -0.3 is 15.6 Å². The first-order valence-corrected chi connectivity index (χ1v) is 6.73. The Morgan fingerprint density at radius 2 is 1.67 bits per heavy atom. The number of rotatable bonds is 8. The molecule has 0 heterocycles. The molecule has 0 radical (unpaired) electrons. The fourth-order valence-electron chi connectivity index (χ4n) is 2.13. The van der Waals surface area contributed by atoms with Crippen molar-refractivity contribution in [2.75, 3.05) is 13.2 Å². The van der Waals surface area contributed by atoms with E-state index >= 15 is 0 Å². The number of aryl methyl sites for hydroxylation is 2. The fraction of sp³-hybridized carbons (Fsp3) is 0.600. The molecule has 0 saturated heterocycles. The molecule has 0 amide bonds. The van der Waals surface area contributed by atoms with E-state index in [0.717, 1.165) is 54.7 Å². The first kappa shape index (κ1) is 15.0. The third-order valence-electron chi connectivity index (χ3n) is 3.05. The molecule has 3 nitrogen and oxygen atoms in total. The second-order valence-corrected chi connectivity index (χ2v) is 4.75. The number of aliphatic hydroxyl groups is 1. The molecule has 18 heavy (non-hydrogen) atoms. The molecule has 0 aliphatic heterocycles. The third kappa shape index (κ3) is 4.67. The second kappa shape index (κ2) is 8.11. The number of benzene rings is 1. The van der Waals surface area contributed by atoms with Crippen molar-refractivity contribution >= 4 is 0 Å². The molecule has 1 rings (SSSR count). The van der Waals surface area contributed by atoms with Crippen molar-refractivity contribution in [2.45, 2.75) is 46.1 Å². The number of nitrogens with two attached hydrogens (primary N) is 1. The Bertz CT molecular complexity index is 341. The lowest BCUT2D eigenvalue weighted by Crippen LogP contribution is -2.03. The molecule has 0 unspecified atom stereocenters. The van der Waals surface area contributed by atoms with Crippen LogP contribution in [-0.4, -0.2) is 18.3 Å². The van der Waals surface area contributed by atoms with Gasteiger partial charge in [0.2, 0.25) is 0 Å². The van der Waals surface area contributed by atoms with E-state index in [0.29, 0.717) is 13.2 Å². The topological polar surface area (TPSA) is 55.5 Å². The van der Waals surface area contributed by atoms with Crippen LogP contribution in [0, 0.1) is 13.8 Å². The van der Waals surface area contributed by atoms with Crippen LogP contribution in [0.5, 0.6) is 5.75 Å². The van der Waals surface area contributed by atoms with Crippen LogP contribution in [0.15, 0.2) is 12.1 Å². The molecule has 3 N–H and O–H groups in total. The van der Waals surface area contributed by atoms with Gasteiger partial charge >= 0.3 is 0 Å². The van der Waals surface area contributed by atoms with E-state index in [2.05, 4.69) is 26.0 Å². The Balaban J connectivity index is 2.42. The van der Waals surface area contributed by atoms with Gasteiger partial charge in [-0.2, -0.15) is 0 Å². The molecule has 0 aliphatic rings. The van der Waals surface area contributed by atoms with Gasteiger partial charge in [-0.25, -0.2) is 0 Å². The monoisotopic (exact) mass is 251 g/mol. The average Bonchev–Trinajstić information content (AvgIpc) is 2.35. The van der Waals surface area contributed by atoms with Crippen LogP contribution in [0.2, 0.25) is 0 Å². The maximum absolute atomic E-state index is 8.68. The largest absolute Gasteiger partial charge is 0.493 e. The first-order valence-electron chi connectivity index (χ1n) is 6.73. The van der Waals surface area contributed by atoms with Crippen LogP contribution in [0.3, 0.4) is 0 Å². The summed E-state index contributed by atoms with van der Waals surface area (Å²) in [5.74, 6) is 0.995. The number of hydrogen-bond donors (Lipinski definition) is 2. The summed E-state index contributed by atoms with van der Waals surface area (Å²) in [6.45, 7) is 5.73. The Morgan fingerprint density at radius 1 is 1.06 bits per heavy atom. The molecule has 0 spiro atoms. The highest BCUT2D eigenvalue weighted by Gasteiger charge is 2.05. The Morgan fingerprint density at radius 3 is 2.22 bits per heavy atom. The molecule has 0 bridgehead atoms. The molecule has 1 aromatic rings. The highest BCUT2D eigenvalue weighted by atomic mass is 16.5. The normalized spacial score (nSPS) is 10.7. The SMILES string of the molecule is Cc1cc(CN)cc(C)c1OCCCCCCO.